The van der Waals surface area contributed by atoms with Crippen LogP contribution in [0, 0.1) is 0 Å². The zero-order chi connectivity index (χ0) is 31.2. The van der Waals surface area contributed by atoms with Crippen LogP contribution in [0.2, 0.25) is 0 Å². The molecule has 0 aliphatic heterocycles. The lowest BCUT2D eigenvalue weighted by Crippen LogP contribution is -2.65. The molecule has 0 amide bonds. The van der Waals surface area contributed by atoms with E-state index in [1.165, 1.54) is 9.47 Å². The van der Waals surface area contributed by atoms with Gasteiger partial charge in [0.15, 0.2) is 0 Å². The van der Waals surface area contributed by atoms with E-state index in [0.717, 1.165) is 0 Å². The topological polar surface area (TPSA) is 85.2 Å². The molecule has 38 heavy (non-hydrogen) atoms. The summed E-state index contributed by atoms with van der Waals surface area (Å²) in [6, 6.07) is 0. The molecule has 0 atom stereocenters. The summed E-state index contributed by atoms with van der Waals surface area (Å²) in [4.78, 5) is 16.7. The Kier molecular flexibility index (Phi) is 9.92. The summed E-state index contributed by atoms with van der Waals surface area (Å²) in [6.45, 7) is 0. The molecule has 0 fully saturated rings. The van der Waals surface area contributed by atoms with Gasteiger partial charge in [0.25, 0.3) is 0 Å². The van der Waals surface area contributed by atoms with Gasteiger partial charge in [-0.15, -0.1) is 0 Å². The maximum atomic E-state index is 13.3. The molecule has 0 saturated heterocycles. The van der Waals surface area contributed by atoms with Crippen molar-refractivity contribution < 1.29 is 112 Å². The molecule has 0 rings (SSSR count). The third-order valence-electron chi connectivity index (χ3n) is 3.50. The minimum absolute atomic E-state index is 1.17. The fourth-order valence-electron chi connectivity index (χ4n) is 1.71. The number of hydrogen-bond acceptors (Lipinski definition) is 4. The monoisotopic (exact) mass is 640 g/mol. The van der Waals surface area contributed by atoms with E-state index in [2.05, 4.69) is 4.74 Å². The number of rotatable bonds is 14. The average molecular weight is 640 g/mol. The molecule has 0 unspecified atom stereocenters. The Morgan fingerprint density at radius 1 is 0.500 bits per heavy atom. The van der Waals surface area contributed by atoms with Gasteiger partial charge in [0.1, 0.15) is 0 Å². The first-order valence-electron chi connectivity index (χ1n) is 8.32. The second-order valence-corrected chi connectivity index (χ2v) is 8.44. The van der Waals surface area contributed by atoms with Crippen molar-refractivity contribution in [3.63, 3.8) is 0 Å². The molecule has 0 aromatic carbocycles. The number of alkyl halides is 19. The zero-order valence-electron chi connectivity index (χ0n) is 16.8. The number of ether oxygens (including phenoxy) is 3. The van der Waals surface area contributed by atoms with Crippen LogP contribution < -0.4 is 0 Å². The molecule has 6 nitrogen and oxygen atoms in total. The van der Waals surface area contributed by atoms with Crippen LogP contribution in [0.1, 0.15) is 12.8 Å². The summed E-state index contributed by atoms with van der Waals surface area (Å²) in [6.07, 6.45) is -57.2. The summed E-state index contributed by atoms with van der Waals surface area (Å²) in [5.41, 5.74) is 0. The van der Waals surface area contributed by atoms with Gasteiger partial charge < -0.3 is 9.79 Å². The normalized spacial score (nSPS) is 16.2. The van der Waals surface area contributed by atoms with Crippen molar-refractivity contribution in [1.82, 2.24) is 0 Å². The minimum atomic E-state index is -8.21. The van der Waals surface area contributed by atoms with Gasteiger partial charge in [0.2, 0.25) is 0 Å². The fourth-order valence-corrected chi connectivity index (χ4v) is 2.28. The van der Waals surface area contributed by atoms with Crippen molar-refractivity contribution in [2.24, 2.45) is 0 Å². The van der Waals surface area contributed by atoms with E-state index < -0.39 is 81.3 Å². The van der Waals surface area contributed by atoms with Gasteiger partial charge in [-0.25, -0.2) is 14.2 Å². The predicted molar refractivity (Wildman–Crippen MR) is 75.0 cm³/mol. The van der Waals surface area contributed by atoms with Crippen molar-refractivity contribution in [3.05, 3.63) is 0 Å². The molecular formula is C12H8F19O6P. The van der Waals surface area contributed by atoms with E-state index in [9.17, 15) is 88.0 Å². The average Bonchev–Trinajstić information content (AvgIpc) is 2.55. The maximum Gasteiger partial charge on any atom is 0.460 e. The van der Waals surface area contributed by atoms with E-state index in [0.29, 0.717) is 0 Å². The first-order valence-corrected chi connectivity index (χ1v) is 10.1. The lowest BCUT2D eigenvalue weighted by atomic mass is 10.1. The second-order valence-electron chi connectivity index (χ2n) is 6.67. The summed E-state index contributed by atoms with van der Waals surface area (Å²) >= 11 is 0. The molecule has 0 radical (unpaired) electrons. The van der Waals surface area contributed by atoms with Crippen molar-refractivity contribution in [2.75, 3.05) is 6.16 Å². The molecule has 0 aliphatic carbocycles. The Hall–Kier alpha value is -1.30. The Labute approximate surface area is 194 Å². The predicted octanol–water partition coefficient (Wildman–Crippen LogP) is 6.38. The molecule has 0 spiro atoms. The van der Waals surface area contributed by atoms with Crippen LogP contribution in [0.4, 0.5) is 83.4 Å². The number of hydrogen-bond donors (Lipinski definition) is 2. The largest absolute Gasteiger partial charge is 0.460 e. The zero-order valence-corrected chi connectivity index (χ0v) is 17.7. The molecule has 0 bridgehead atoms. The van der Waals surface area contributed by atoms with Gasteiger partial charge in [0.05, 0.1) is 6.16 Å². The Balaban J connectivity index is 5.94. The summed E-state index contributed by atoms with van der Waals surface area (Å²) in [5, 5.41) is 0. The highest BCUT2D eigenvalue weighted by atomic mass is 31.2. The molecule has 2 N–H and O–H groups in total. The molecular weight excluding hydrogens is 632 g/mol. The highest BCUT2D eigenvalue weighted by Crippen LogP contribution is 2.56. The van der Waals surface area contributed by atoms with Gasteiger partial charge in [-0.2, -0.15) is 83.4 Å². The molecule has 26 heteroatoms. The van der Waals surface area contributed by atoms with E-state index in [1.54, 1.807) is 0 Å². The van der Waals surface area contributed by atoms with E-state index in [4.69, 9.17) is 9.79 Å². The van der Waals surface area contributed by atoms with Crippen molar-refractivity contribution in [2.45, 2.75) is 67.5 Å². The van der Waals surface area contributed by atoms with Crippen LogP contribution in [0.5, 0.6) is 0 Å². The Morgan fingerprint density at radius 2 is 0.816 bits per heavy atom. The smallest absolute Gasteiger partial charge is 0.324 e. The van der Waals surface area contributed by atoms with Gasteiger partial charge in [-0.1, -0.05) is 0 Å². The third kappa shape index (κ3) is 8.11. The second kappa shape index (κ2) is 10.3. The fraction of sp³-hybridized carbons (Fsp3) is 1.00. The van der Waals surface area contributed by atoms with Gasteiger partial charge >= 0.3 is 62.3 Å². The van der Waals surface area contributed by atoms with Crippen molar-refractivity contribution in [1.29, 1.82) is 0 Å². The summed E-state index contributed by atoms with van der Waals surface area (Å²) in [7, 11) is -5.10. The molecule has 0 heterocycles. The first-order chi connectivity index (χ1) is 16.1. The molecule has 0 saturated carbocycles. The first kappa shape index (κ1) is 36.7. The van der Waals surface area contributed by atoms with Crippen LogP contribution >= 0.6 is 7.60 Å². The van der Waals surface area contributed by atoms with Gasteiger partial charge in [-0.3, -0.25) is 4.57 Å². The van der Waals surface area contributed by atoms with Crippen molar-refractivity contribution in [3.8, 4) is 0 Å². The molecule has 230 valence electrons. The quantitative estimate of drug-likeness (QED) is 0.169. The van der Waals surface area contributed by atoms with Gasteiger partial charge in [-0.05, 0) is 6.42 Å². The highest BCUT2D eigenvalue weighted by Gasteiger charge is 2.85. The summed E-state index contributed by atoms with van der Waals surface area (Å²) in [5.74, 6) is -16.2. The molecule has 0 aromatic rings. The summed E-state index contributed by atoms with van der Waals surface area (Å²) < 4.78 is 260. The van der Waals surface area contributed by atoms with Gasteiger partial charge in [0, 0.05) is 6.42 Å². The highest BCUT2D eigenvalue weighted by molar-refractivity contribution is 7.51. The van der Waals surface area contributed by atoms with E-state index in [1.807, 2.05) is 0 Å². The van der Waals surface area contributed by atoms with E-state index >= 15 is 0 Å². The van der Waals surface area contributed by atoms with E-state index in [-0.39, 0.29) is 0 Å². The van der Waals surface area contributed by atoms with Crippen molar-refractivity contribution >= 4 is 7.60 Å². The molecule has 0 aromatic heterocycles. The van der Waals surface area contributed by atoms with Crippen LogP contribution in [0.3, 0.4) is 0 Å². The lowest BCUT2D eigenvalue weighted by Gasteiger charge is -2.37. The van der Waals surface area contributed by atoms with Crippen LogP contribution in [0.15, 0.2) is 0 Å². The SMILES string of the molecule is O=P(O)(O)CCCC(F)(F)OC(F)(F)C(F)(F)OC(F)(F)C(F)(F)OC(F)(F)C(F)(F)C(F)(F)C(F)(F)F. The number of halogens is 19. The van der Waals surface area contributed by atoms with Crippen LogP contribution in [0.25, 0.3) is 0 Å². The Morgan fingerprint density at radius 3 is 1.13 bits per heavy atom. The van der Waals surface area contributed by atoms with Crippen LogP contribution in [-0.2, 0) is 18.8 Å². The minimum Gasteiger partial charge on any atom is -0.324 e. The maximum absolute atomic E-state index is 13.3. The Bertz CT molecular complexity index is 865. The third-order valence-corrected chi connectivity index (χ3v) is 4.40. The molecule has 0 aliphatic rings. The van der Waals surface area contributed by atoms with Crippen LogP contribution in [-0.4, -0.2) is 70.6 Å². The standard InChI is InChI=1S/C12H8F19O6P/c13-4(14,2-1-3-38(32,33)34)35-9(24,25)10(26,27)37-12(30,31)11(28,29)36-8(22,23)6(17,18)5(15,16)7(19,20)21/h1-3H2,(H2,32,33,34). The lowest BCUT2D eigenvalue weighted by molar-refractivity contribution is -0.569.